The molecule has 0 bridgehead atoms. The quantitative estimate of drug-likeness (QED) is 0.0703. The summed E-state index contributed by atoms with van der Waals surface area (Å²) >= 11 is 0. The van der Waals surface area contributed by atoms with E-state index in [1.807, 2.05) is 0 Å². The van der Waals surface area contributed by atoms with Crippen molar-refractivity contribution in [3.63, 3.8) is 0 Å². The summed E-state index contributed by atoms with van der Waals surface area (Å²) in [7, 11) is 0. The fraction of sp³-hybridized carbons (Fsp3) is 0.152. The average Bonchev–Trinajstić information content (AvgIpc) is 0.687. The molecule has 0 aromatic heterocycles. The molecule has 0 atom stereocenters. The first-order valence-corrected chi connectivity index (χ1v) is 36.7. The van der Waals surface area contributed by atoms with Crippen molar-refractivity contribution < 1.29 is 0 Å². The summed E-state index contributed by atoms with van der Waals surface area (Å²) in [6.07, 6.45) is 4.29. The Balaban J connectivity index is 1.03. The van der Waals surface area contributed by atoms with Crippen LogP contribution in [-0.4, -0.2) is 6.71 Å². The van der Waals surface area contributed by atoms with E-state index in [1.54, 1.807) is 0 Å². The van der Waals surface area contributed by atoms with E-state index in [0.29, 0.717) is 5.92 Å². The number of para-hydroxylation sites is 1. The number of benzene rings is 14. The lowest BCUT2D eigenvalue weighted by Crippen LogP contribution is -2.61. The summed E-state index contributed by atoms with van der Waals surface area (Å²) in [6.45, 7) is 18.8. The number of hydrogen-bond acceptors (Lipinski definition) is 2. The van der Waals surface area contributed by atoms with Crippen LogP contribution < -0.4 is 26.2 Å². The highest BCUT2D eigenvalue weighted by Crippen LogP contribution is 2.55. The smallest absolute Gasteiger partial charge is 0.252 e. The number of unbranched alkanes of at least 4 members (excludes halogenated alkanes) is 1. The van der Waals surface area contributed by atoms with Gasteiger partial charge in [-0.2, -0.15) is 0 Å². The Morgan fingerprint density at radius 2 is 0.588 bits per heavy atom. The lowest BCUT2D eigenvalue weighted by Gasteiger charge is -2.46. The molecule has 0 N–H and O–H groups in total. The van der Waals surface area contributed by atoms with Crippen LogP contribution in [-0.2, 0) is 17.3 Å². The van der Waals surface area contributed by atoms with E-state index in [-0.39, 0.29) is 17.5 Å². The average molecular weight is 1320 g/mol. The van der Waals surface area contributed by atoms with E-state index in [0.717, 1.165) is 36.1 Å². The van der Waals surface area contributed by atoms with E-state index in [2.05, 4.69) is 393 Å². The Hall–Kier alpha value is -11.3. The summed E-state index contributed by atoms with van der Waals surface area (Å²) in [5.41, 5.74) is 35.9. The van der Waals surface area contributed by atoms with Crippen molar-refractivity contribution in [2.75, 3.05) is 9.80 Å². The molecule has 102 heavy (non-hydrogen) atoms. The van der Waals surface area contributed by atoms with Crippen LogP contribution >= 0.6 is 0 Å². The molecule has 2 aliphatic rings. The van der Waals surface area contributed by atoms with E-state index in [4.69, 9.17) is 0 Å². The first-order chi connectivity index (χ1) is 49.7. The Labute approximate surface area is 605 Å². The molecule has 14 aromatic rings. The maximum atomic E-state index is 2.78. The lowest BCUT2D eigenvalue weighted by molar-refractivity contribution is 0.538. The predicted molar refractivity (Wildman–Crippen MR) is 439 cm³/mol. The molecule has 0 fully saturated rings. The minimum Gasteiger partial charge on any atom is -0.310 e. The van der Waals surface area contributed by atoms with Crippen LogP contribution in [0, 0.1) is 5.92 Å². The summed E-state index contributed by atoms with van der Waals surface area (Å²) in [5.74, 6) is 0.605. The van der Waals surface area contributed by atoms with Crippen LogP contribution in [0.1, 0.15) is 91.3 Å². The van der Waals surface area contributed by atoms with Crippen LogP contribution in [0.4, 0.5) is 34.1 Å². The zero-order valence-corrected chi connectivity index (χ0v) is 60.1. The van der Waals surface area contributed by atoms with Crippen molar-refractivity contribution in [1.82, 2.24) is 0 Å². The first-order valence-electron chi connectivity index (χ1n) is 36.7. The van der Waals surface area contributed by atoms with Gasteiger partial charge in [-0.1, -0.05) is 353 Å². The fourth-order valence-electron chi connectivity index (χ4n) is 15.8. The third-order valence-corrected chi connectivity index (χ3v) is 21.3. The molecule has 3 heteroatoms. The second kappa shape index (κ2) is 27.4. The molecule has 2 nitrogen and oxygen atoms in total. The molecule has 496 valence electrons. The zero-order chi connectivity index (χ0) is 69.6. The van der Waals surface area contributed by atoms with Gasteiger partial charge in [0, 0.05) is 45.0 Å². The maximum Gasteiger partial charge on any atom is 0.252 e. The van der Waals surface area contributed by atoms with Gasteiger partial charge in [0.1, 0.15) is 0 Å². The molecular weight excluding hydrogens is 1230 g/mol. The van der Waals surface area contributed by atoms with Crippen molar-refractivity contribution in [3.05, 3.63) is 344 Å². The maximum absolute atomic E-state index is 2.78. The van der Waals surface area contributed by atoms with Crippen molar-refractivity contribution in [3.8, 4) is 100 Å². The highest BCUT2D eigenvalue weighted by molar-refractivity contribution is 7.00. The van der Waals surface area contributed by atoms with Crippen molar-refractivity contribution in [2.24, 2.45) is 5.92 Å². The van der Waals surface area contributed by atoms with Gasteiger partial charge in [0.25, 0.3) is 6.71 Å². The van der Waals surface area contributed by atoms with E-state index in [9.17, 15) is 0 Å². The zero-order valence-electron chi connectivity index (χ0n) is 60.1. The van der Waals surface area contributed by atoms with Gasteiger partial charge < -0.3 is 9.80 Å². The molecular formula is C99H87BN2. The summed E-state index contributed by atoms with van der Waals surface area (Å²) in [6, 6.07) is 124. The van der Waals surface area contributed by atoms with Crippen LogP contribution in [0.25, 0.3) is 100 Å². The molecule has 0 saturated carbocycles. The van der Waals surface area contributed by atoms with Gasteiger partial charge in [-0.05, 0) is 183 Å². The molecule has 0 saturated heterocycles. The number of hydrogen-bond donors (Lipinski definition) is 0. The second-order valence-electron chi connectivity index (χ2n) is 30.6. The van der Waals surface area contributed by atoms with Gasteiger partial charge in [0.05, 0.1) is 11.4 Å². The molecule has 2 aliphatic heterocycles. The standard InChI is InChI=1S/C99H87BN2/c1-67(2)28-24-25-39-81-58-61-93-94-95(81)102(97-87(79-54-46-75(47-55-79)70-33-18-11-19-34-70)65-84(99(6,7)8)66-88(97)80-56-48-76(49-57-80)71-35-20-12-21-36-71)92-60-59-82(72-37-22-13-23-38-72)62-90(92)100(94)89-40-26-27-41-91(89)101(93)96-85(77-50-42-73(43-51-77)68-29-14-9-15-30-68)63-83(98(3,4)5)64-86(96)78-52-44-74(45-53-78)69-31-16-10-17-32-69/h9-23,26-27,29-38,40-67H,24-25,28,39H2,1-8H3. The van der Waals surface area contributed by atoms with Gasteiger partial charge in [-0.3, -0.25) is 0 Å². The van der Waals surface area contributed by atoms with Crippen LogP contribution in [0.2, 0.25) is 0 Å². The minimum atomic E-state index is -0.204. The molecule has 14 aromatic carbocycles. The number of fused-ring (bicyclic) bond motifs is 4. The topological polar surface area (TPSA) is 6.48 Å². The van der Waals surface area contributed by atoms with Crippen LogP contribution in [0.15, 0.2) is 328 Å². The van der Waals surface area contributed by atoms with Crippen molar-refractivity contribution in [2.45, 2.75) is 91.9 Å². The Kier molecular flexibility index (Phi) is 17.5. The SMILES string of the molecule is CC(C)CCCCc1ccc2c3c1N(c1c(-c4ccc(-c5ccccc5)cc4)cc(C(C)(C)C)cc1-c1ccc(-c4ccccc4)cc1)c1ccc(-c4ccccc4)cc1B3c1ccccc1N2c1c(-c2ccc(-c3ccccc3)cc2)cc(C(C)(C)C)cc1-c1ccc(-c2ccccc2)cc1. The van der Waals surface area contributed by atoms with E-state index >= 15 is 0 Å². The summed E-state index contributed by atoms with van der Waals surface area (Å²) < 4.78 is 0. The number of rotatable bonds is 16. The van der Waals surface area contributed by atoms with Gasteiger partial charge in [-0.15, -0.1) is 0 Å². The predicted octanol–water partition coefficient (Wildman–Crippen LogP) is 25.7. The monoisotopic (exact) mass is 1310 g/mol. The van der Waals surface area contributed by atoms with Gasteiger partial charge in [0.2, 0.25) is 0 Å². The third-order valence-electron chi connectivity index (χ3n) is 21.3. The summed E-state index contributed by atoms with van der Waals surface area (Å²) in [4.78, 5) is 5.49. The molecule has 16 rings (SSSR count). The minimum absolute atomic E-state index is 0.153. The normalized spacial score (nSPS) is 12.5. The Bertz CT molecular complexity index is 5110. The van der Waals surface area contributed by atoms with Gasteiger partial charge in [-0.25, -0.2) is 0 Å². The highest BCUT2D eigenvalue weighted by Gasteiger charge is 2.46. The highest BCUT2D eigenvalue weighted by atomic mass is 15.2. The molecule has 0 unspecified atom stereocenters. The number of anilines is 6. The number of nitrogens with zero attached hydrogens (tertiary/aromatic N) is 2. The fourth-order valence-corrected chi connectivity index (χ4v) is 15.8. The Morgan fingerprint density at radius 1 is 0.275 bits per heavy atom. The van der Waals surface area contributed by atoms with E-state index in [1.165, 1.54) is 157 Å². The van der Waals surface area contributed by atoms with Crippen molar-refractivity contribution >= 4 is 57.2 Å². The van der Waals surface area contributed by atoms with Crippen LogP contribution in [0.5, 0.6) is 0 Å². The Morgan fingerprint density at radius 3 is 0.971 bits per heavy atom. The molecule has 0 spiro atoms. The molecule has 0 aliphatic carbocycles. The van der Waals surface area contributed by atoms with E-state index < -0.39 is 0 Å². The van der Waals surface area contributed by atoms with Gasteiger partial charge in [0.15, 0.2) is 0 Å². The third kappa shape index (κ3) is 12.6. The molecule has 0 radical (unpaired) electrons. The largest absolute Gasteiger partial charge is 0.310 e. The van der Waals surface area contributed by atoms with Gasteiger partial charge >= 0.3 is 0 Å². The lowest BCUT2D eigenvalue weighted by atomic mass is 9.33. The van der Waals surface area contributed by atoms with Crippen LogP contribution in [0.3, 0.4) is 0 Å². The molecule has 0 amide bonds. The van der Waals surface area contributed by atoms with Crippen molar-refractivity contribution in [1.29, 1.82) is 0 Å². The summed E-state index contributed by atoms with van der Waals surface area (Å²) in [5, 5.41) is 0. The first kappa shape index (κ1) is 65.4. The number of aryl methyl sites for hydroxylation is 1. The second-order valence-corrected chi connectivity index (χ2v) is 30.6. The molecule has 2 heterocycles.